The molecule has 12 heteroatoms. The Morgan fingerprint density at radius 3 is 2.43 bits per heavy atom. The van der Waals surface area contributed by atoms with Gasteiger partial charge in [-0.05, 0) is 86.3 Å². The molecule has 1 N–H and O–H groups in total. The molecule has 4 aromatic rings. The Morgan fingerprint density at radius 1 is 1.07 bits per heavy atom. The number of aromatic carboxylic acids is 1. The lowest BCUT2D eigenvalue weighted by Gasteiger charge is -2.32. The number of amides is 1. The Balaban J connectivity index is 1.27. The maximum atomic E-state index is 13.9. The molecule has 0 radical (unpaired) electrons. The molecule has 3 aromatic heterocycles. The van der Waals surface area contributed by atoms with Gasteiger partial charge in [0.25, 0.3) is 0 Å². The molecule has 0 unspecified atom stereocenters. The summed E-state index contributed by atoms with van der Waals surface area (Å²) in [6.07, 6.45) is 0.270. The second-order valence-corrected chi connectivity index (χ2v) is 13.2. The van der Waals surface area contributed by atoms with Gasteiger partial charge in [-0.2, -0.15) is 18.3 Å². The number of halogens is 3. The standard InChI is InChI=1S/C34H35F3N4O4S/c1-4-29(42)40-14-12-21(13-15-40)23-10-11-27(19(2)16-23)45-18-25-30(22-8-9-22)20(3)46-31(25)26-6-5-7-28(39-26)41-32(34(35,36)37)24(17-38-41)33(43)44/h5-7,10-11,16-17,21-22H,4,8-9,12-15,18H2,1-3H3,(H,43,44). The van der Waals surface area contributed by atoms with E-state index in [0.717, 1.165) is 65.4 Å². The molecule has 1 saturated carbocycles. The van der Waals surface area contributed by atoms with E-state index in [-0.39, 0.29) is 18.3 Å². The number of carboxylic acid groups (broad SMARTS) is 1. The van der Waals surface area contributed by atoms with E-state index in [1.54, 1.807) is 12.1 Å². The molecule has 1 aromatic carbocycles. The van der Waals surface area contributed by atoms with Crippen LogP contribution in [0.25, 0.3) is 16.4 Å². The molecule has 1 aliphatic heterocycles. The fourth-order valence-corrected chi connectivity index (χ4v) is 7.62. The summed E-state index contributed by atoms with van der Waals surface area (Å²) < 4.78 is 48.8. The number of hydrogen-bond donors (Lipinski definition) is 1. The lowest BCUT2D eigenvalue weighted by Crippen LogP contribution is -2.37. The zero-order valence-electron chi connectivity index (χ0n) is 25.9. The van der Waals surface area contributed by atoms with Gasteiger partial charge in [0, 0.05) is 30.0 Å². The Bertz CT molecular complexity index is 1790. The minimum absolute atomic E-state index is 0.125. The van der Waals surface area contributed by atoms with Gasteiger partial charge in [-0.25, -0.2) is 14.5 Å². The van der Waals surface area contributed by atoms with E-state index >= 15 is 0 Å². The summed E-state index contributed by atoms with van der Waals surface area (Å²) in [5.41, 5.74) is 2.58. The maximum absolute atomic E-state index is 13.9. The molecular weight excluding hydrogens is 617 g/mol. The number of benzene rings is 1. The third-order valence-electron chi connectivity index (χ3n) is 8.86. The third-order valence-corrected chi connectivity index (χ3v) is 10.0. The maximum Gasteiger partial charge on any atom is 0.434 e. The van der Waals surface area contributed by atoms with Crippen LogP contribution in [0.2, 0.25) is 0 Å². The van der Waals surface area contributed by atoms with Crippen LogP contribution in [-0.4, -0.2) is 49.7 Å². The molecule has 8 nitrogen and oxygen atoms in total. The van der Waals surface area contributed by atoms with Gasteiger partial charge in [0.1, 0.15) is 17.9 Å². The Kier molecular flexibility index (Phi) is 8.66. The molecule has 0 atom stereocenters. The van der Waals surface area contributed by atoms with Gasteiger partial charge in [-0.3, -0.25) is 4.79 Å². The number of ether oxygens (including phenoxy) is 1. The summed E-state index contributed by atoms with van der Waals surface area (Å²) in [5.74, 6) is -0.0868. The lowest BCUT2D eigenvalue weighted by atomic mass is 9.88. The van der Waals surface area contributed by atoms with E-state index in [1.807, 2.05) is 31.7 Å². The number of thiophene rings is 1. The average Bonchev–Trinajstić information content (AvgIpc) is 3.65. The second kappa shape index (κ2) is 12.5. The van der Waals surface area contributed by atoms with Gasteiger partial charge in [-0.15, -0.1) is 11.3 Å². The largest absolute Gasteiger partial charge is 0.489 e. The minimum Gasteiger partial charge on any atom is -0.489 e. The number of likely N-dealkylation sites (tertiary alicyclic amines) is 1. The second-order valence-electron chi connectivity index (χ2n) is 12.0. The van der Waals surface area contributed by atoms with Crippen LogP contribution in [0.15, 0.2) is 42.6 Å². The normalized spacial score (nSPS) is 15.7. The lowest BCUT2D eigenvalue weighted by molar-refractivity contribution is -0.143. The van der Waals surface area contributed by atoms with Gasteiger partial charge in [0.05, 0.1) is 16.8 Å². The first-order chi connectivity index (χ1) is 22.0. The fraction of sp³-hybridized carbons (Fsp3) is 0.412. The number of carboxylic acids is 1. The highest BCUT2D eigenvalue weighted by atomic mass is 32.1. The summed E-state index contributed by atoms with van der Waals surface area (Å²) in [5, 5.41) is 13.1. The van der Waals surface area contributed by atoms with Gasteiger partial charge < -0.3 is 14.7 Å². The molecule has 242 valence electrons. The average molecular weight is 653 g/mol. The number of carbonyl (C=O) groups excluding carboxylic acids is 1. The number of aromatic nitrogens is 3. The SMILES string of the molecule is CCC(=O)N1CCC(c2ccc(OCc3c(-c4cccc(-n5ncc(C(=O)O)c5C(F)(F)F)n4)sc(C)c3C3CC3)c(C)c2)CC1. The van der Waals surface area contributed by atoms with Crippen molar-refractivity contribution in [3.05, 3.63) is 81.0 Å². The number of aryl methyl sites for hydroxylation is 2. The fourth-order valence-electron chi connectivity index (χ4n) is 6.40. The topological polar surface area (TPSA) is 97.6 Å². The highest BCUT2D eigenvalue weighted by Crippen LogP contribution is 2.49. The van der Waals surface area contributed by atoms with Crippen LogP contribution in [0.4, 0.5) is 13.2 Å². The van der Waals surface area contributed by atoms with Crippen LogP contribution in [0.3, 0.4) is 0 Å². The number of alkyl halides is 3. The van der Waals surface area contributed by atoms with Crippen molar-refractivity contribution >= 4 is 23.2 Å². The van der Waals surface area contributed by atoms with E-state index in [9.17, 15) is 27.9 Å². The molecule has 6 rings (SSSR count). The van der Waals surface area contributed by atoms with Crippen molar-refractivity contribution in [3.8, 4) is 22.1 Å². The van der Waals surface area contributed by atoms with E-state index < -0.39 is 23.4 Å². The highest BCUT2D eigenvalue weighted by molar-refractivity contribution is 7.15. The third kappa shape index (κ3) is 6.27. The summed E-state index contributed by atoms with van der Waals surface area (Å²) in [7, 11) is 0. The Morgan fingerprint density at radius 2 is 1.80 bits per heavy atom. The zero-order valence-corrected chi connectivity index (χ0v) is 26.7. The minimum atomic E-state index is -4.95. The van der Waals surface area contributed by atoms with E-state index in [0.29, 0.717) is 34.8 Å². The number of hydrogen-bond acceptors (Lipinski definition) is 6. The number of carbonyl (C=O) groups is 2. The van der Waals surface area contributed by atoms with Gasteiger partial charge in [-0.1, -0.05) is 25.1 Å². The van der Waals surface area contributed by atoms with E-state index in [2.05, 4.69) is 22.2 Å². The number of nitrogens with zero attached hydrogens (tertiary/aromatic N) is 4. The molecule has 46 heavy (non-hydrogen) atoms. The molecule has 2 fully saturated rings. The van der Waals surface area contributed by atoms with Crippen LogP contribution in [-0.2, 0) is 17.6 Å². The Hall–Kier alpha value is -4.19. The molecule has 0 spiro atoms. The smallest absolute Gasteiger partial charge is 0.434 e. The Labute approximate surface area is 268 Å². The van der Waals surface area contributed by atoms with Crippen molar-refractivity contribution in [2.24, 2.45) is 0 Å². The molecule has 1 aliphatic carbocycles. The van der Waals surface area contributed by atoms with Crippen molar-refractivity contribution in [2.75, 3.05) is 13.1 Å². The van der Waals surface area contributed by atoms with Crippen LogP contribution >= 0.6 is 11.3 Å². The van der Waals surface area contributed by atoms with Crippen molar-refractivity contribution in [1.29, 1.82) is 0 Å². The first kappa shape index (κ1) is 31.8. The monoisotopic (exact) mass is 652 g/mol. The summed E-state index contributed by atoms with van der Waals surface area (Å²) in [6.45, 7) is 7.77. The molecule has 2 aliphatic rings. The van der Waals surface area contributed by atoms with Gasteiger partial charge in [0.2, 0.25) is 5.91 Å². The van der Waals surface area contributed by atoms with Crippen LogP contribution < -0.4 is 4.74 Å². The van der Waals surface area contributed by atoms with Gasteiger partial charge in [0.15, 0.2) is 11.5 Å². The summed E-state index contributed by atoms with van der Waals surface area (Å²) in [4.78, 5) is 32.0. The number of piperidine rings is 1. The zero-order chi connectivity index (χ0) is 32.7. The summed E-state index contributed by atoms with van der Waals surface area (Å²) >= 11 is 1.53. The predicted molar refractivity (Wildman–Crippen MR) is 168 cm³/mol. The first-order valence-electron chi connectivity index (χ1n) is 15.5. The van der Waals surface area contributed by atoms with Crippen molar-refractivity contribution in [1.82, 2.24) is 19.7 Å². The van der Waals surface area contributed by atoms with E-state index in [4.69, 9.17) is 4.74 Å². The van der Waals surface area contributed by atoms with Crippen LogP contribution in [0, 0.1) is 13.8 Å². The van der Waals surface area contributed by atoms with Crippen molar-refractivity contribution in [2.45, 2.75) is 77.5 Å². The van der Waals surface area contributed by atoms with Crippen LogP contribution in [0.5, 0.6) is 5.75 Å². The summed E-state index contributed by atoms with van der Waals surface area (Å²) in [6, 6.07) is 11.0. The van der Waals surface area contributed by atoms with Crippen molar-refractivity contribution in [3.63, 3.8) is 0 Å². The van der Waals surface area contributed by atoms with Crippen molar-refractivity contribution < 1.29 is 32.6 Å². The molecule has 1 saturated heterocycles. The van der Waals surface area contributed by atoms with Gasteiger partial charge >= 0.3 is 12.1 Å². The molecule has 4 heterocycles. The number of pyridine rings is 1. The van der Waals surface area contributed by atoms with Crippen LogP contribution in [0.1, 0.15) is 94.0 Å². The molecule has 0 bridgehead atoms. The first-order valence-corrected chi connectivity index (χ1v) is 16.3. The molecule has 1 amide bonds. The quantitative estimate of drug-likeness (QED) is 0.197. The highest BCUT2D eigenvalue weighted by Gasteiger charge is 2.41. The predicted octanol–water partition coefficient (Wildman–Crippen LogP) is 7.90. The molecular formula is C34H35F3N4O4S. The van der Waals surface area contributed by atoms with E-state index in [1.165, 1.54) is 28.5 Å². The number of rotatable bonds is 9.